The molecule has 0 rings (SSSR count). The normalized spacial score (nSPS) is 14.3. The summed E-state index contributed by atoms with van der Waals surface area (Å²) in [6.45, 7) is 13.2. The summed E-state index contributed by atoms with van der Waals surface area (Å²) in [5.41, 5.74) is 3.02. The lowest BCUT2D eigenvalue weighted by atomic mass is 9.96. The largest absolute Gasteiger partial charge is 0.300 e. The lowest BCUT2D eigenvalue weighted by molar-refractivity contribution is -0.116. The molecule has 0 amide bonds. The van der Waals surface area contributed by atoms with Gasteiger partial charge in [-0.1, -0.05) is 56.9 Å². The van der Waals surface area contributed by atoms with Gasteiger partial charge in [-0.05, 0) is 77.6 Å². The van der Waals surface area contributed by atoms with Crippen molar-refractivity contribution in [3.05, 3.63) is 23.3 Å². The van der Waals surface area contributed by atoms with Gasteiger partial charge in [-0.2, -0.15) is 0 Å². The highest BCUT2D eigenvalue weighted by Gasteiger charge is 2.02. The van der Waals surface area contributed by atoms with E-state index in [-0.39, 0.29) is 0 Å². The van der Waals surface area contributed by atoms with Crippen LogP contribution in [0.1, 0.15) is 106 Å². The Bertz CT molecular complexity index is 387. The molecule has 0 saturated heterocycles. The maximum Gasteiger partial charge on any atom is 0.130 e. The highest BCUT2D eigenvalue weighted by molar-refractivity contribution is 5.75. The highest BCUT2D eigenvalue weighted by Crippen LogP contribution is 2.19. The summed E-state index contributed by atoms with van der Waals surface area (Å²) in [7, 11) is 0. The fraction of sp³-hybridized carbons (Fsp3) is 0.783. The molecule has 0 saturated carbocycles. The van der Waals surface area contributed by atoms with Gasteiger partial charge in [0, 0.05) is 6.42 Å². The van der Waals surface area contributed by atoms with Crippen molar-refractivity contribution < 1.29 is 4.79 Å². The third-order valence-electron chi connectivity index (χ3n) is 4.76. The van der Waals surface area contributed by atoms with Crippen LogP contribution in [0.3, 0.4) is 0 Å². The zero-order valence-corrected chi connectivity index (χ0v) is 17.3. The molecule has 0 aliphatic carbocycles. The Morgan fingerprint density at radius 1 is 0.750 bits per heavy atom. The van der Waals surface area contributed by atoms with Gasteiger partial charge < -0.3 is 4.79 Å². The lowest BCUT2D eigenvalue weighted by Crippen LogP contribution is -1.95. The number of carbonyl (C=O) groups is 1. The maximum atomic E-state index is 10.9. The van der Waals surface area contributed by atoms with Crippen molar-refractivity contribution in [1.82, 2.24) is 0 Å². The van der Waals surface area contributed by atoms with E-state index in [4.69, 9.17) is 0 Å². The fourth-order valence-electron chi connectivity index (χ4n) is 3.00. The topological polar surface area (TPSA) is 17.1 Å². The van der Waals surface area contributed by atoms with Crippen molar-refractivity contribution in [2.24, 2.45) is 11.8 Å². The van der Waals surface area contributed by atoms with Gasteiger partial charge in [-0.15, -0.1) is 0 Å². The van der Waals surface area contributed by atoms with E-state index in [0.29, 0.717) is 12.2 Å². The Kier molecular flexibility index (Phi) is 14.0. The van der Waals surface area contributed by atoms with Crippen LogP contribution in [0, 0.1) is 11.8 Å². The number of rotatable bonds is 14. The molecule has 1 heteroatoms. The Hall–Kier alpha value is -0.850. The third kappa shape index (κ3) is 16.0. The minimum atomic E-state index is 0.292. The molecule has 0 radical (unpaired) electrons. The minimum Gasteiger partial charge on any atom is -0.300 e. The highest BCUT2D eigenvalue weighted by atomic mass is 16.1. The Balaban J connectivity index is 3.75. The molecule has 1 unspecified atom stereocenters. The molecule has 140 valence electrons. The molecule has 0 spiro atoms. The van der Waals surface area contributed by atoms with E-state index in [2.05, 4.69) is 46.8 Å². The quantitative estimate of drug-likeness (QED) is 0.298. The van der Waals surface area contributed by atoms with Crippen molar-refractivity contribution in [2.45, 2.75) is 106 Å². The van der Waals surface area contributed by atoms with Gasteiger partial charge in [0.15, 0.2) is 0 Å². The van der Waals surface area contributed by atoms with Gasteiger partial charge >= 0.3 is 0 Å². The fourth-order valence-corrected chi connectivity index (χ4v) is 3.00. The van der Waals surface area contributed by atoms with Crippen LogP contribution in [-0.2, 0) is 4.79 Å². The zero-order valence-electron chi connectivity index (χ0n) is 17.3. The summed E-state index contributed by atoms with van der Waals surface area (Å²) in [6.07, 6.45) is 16.6. The van der Waals surface area contributed by atoms with Crippen LogP contribution in [0.25, 0.3) is 0 Å². The first-order valence-corrected chi connectivity index (χ1v) is 10.1. The molecular formula is C23H42O. The molecule has 0 bridgehead atoms. The summed E-state index contributed by atoms with van der Waals surface area (Å²) in [5.74, 6) is 1.94. The lowest BCUT2D eigenvalue weighted by Gasteiger charge is -2.10. The van der Waals surface area contributed by atoms with E-state index in [1.165, 1.54) is 56.9 Å². The summed E-state index contributed by atoms with van der Waals surface area (Å²) >= 11 is 0. The van der Waals surface area contributed by atoms with Crippen LogP contribution in [-0.4, -0.2) is 5.78 Å². The molecule has 0 N–H and O–H groups in total. The molecule has 0 aliphatic heterocycles. The van der Waals surface area contributed by atoms with Gasteiger partial charge in [0.05, 0.1) is 0 Å². The number of hydrogen-bond donors (Lipinski definition) is 0. The molecule has 0 aliphatic rings. The molecule has 0 fully saturated rings. The Morgan fingerprint density at radius 2 is 1.29 bits per heavy atom. The summed E-state index contributed by atoms with van der Waals surface area (Å²) in [4.78, 5) is 10.9. The first-order valence-electron chi connectivity index (χ1n) is 10.1. The van der Waals surface area contributed by atoms with Gasteiger partial charge in [-0.3, -0.25) is 0 Å². The van der Waals surface area contributed by atoms with Crippen LogP contribution >= 0.6 is 0 Å². The number of Topliss-reactive ketones (excluding diaryl/α,β-unsaturated/α-hetero) is 1. The first kappa shape index (κ1) is 23.1. The molecule has 1 atom stereocenters. The van der Waals surface area contributed by atoms with Gasteiger partial charge in [0.2, 0.25) is 0 Å². The monoisotopic (exact) mass is 334 g/mol. The third-order valence-corrected chi connectivity index (χ3v) is 4.76. The average molecular weight is 335 g/mol. The van der Waals surface area contributed by atoms with Gasteiger partial charge in [0.25, 0.3) is 0 Å². The standard InChI is InChI=1S/C23H42O/c1-19(2)11-7-12-20(3)13-8-14-21(4)15-9-16-22(5)17-10-18-23(6)24/h13,17,19,21H,7-12,14-16,18H2,1-6H3/b20-13-,22-17+. The summed E-state index contributed by atoms with van der Waals surface area (Å²) in [5, 5.41) is 0. The van der Waals surface area contributed by atoms with Gasteiger partial charge in [0.1, 0.15) is 5.78 Å². The average Bonchev–Trinajstić information content (AvgIpc) is 2.46. The van der Waals surface area contributed by atoms with Crippen LogP contribution in [0.5, 0.6) is 0 Å². The smallest absolute Gasteiger partial charge is 0.130 e. The van der Waals surface area contributed by atoms with Crippen molar-refractivity contribution in [1.29, 1.82) is 0 Å². The van der Waals surface area contributed by atoms with Crippen molar-refractivity contribution in [2.75, 3.05) is 0 Å². The van der Waals surface area contributed by atoms with Crippen molar-refractivity contribution in [3.8, 4) is 0 Å². The van der Waals surface area contributed by atoms with E-state index in [1.54, 1.807) is 12.5 Å². The molecule has 0 aromatic heterocycles. The number of allylic oxidation sites excluding steroid dienone is 4. The molecule has 24 heavy (non-hydrogen) atoms. The number of ketones is 1. The second kappa shape index (κ2) is 14.5. The molecular weight excluding hydrogens is 292 g/mol. The SMILES string of the molecule is CC(=O)CC/C=C(\C)CCCC(C)CC/C=C(/C)CCCC(C)C. The summed E-state index contributed by atoms with van der Waals surface area (Å²) < 4.78 is 0. The maximum absolute atomic E-state index is 10.9. The van der Waals surface area contributed by atoms with Crippen molar-refractivity contribution >= 4 is 5.78 Å². The van der Waals surface area contributed by atoms with Crippen LogP contribution < -0.4 is 0 Å². The number of carbonyl (C=O) groups excluding carboxylic acids is 1. The van der Waals surface area contributed by atoms with E-state index >= 15 is 0 Å². The molecule has 0 aromatic rings. The van der Waals surface area contributed by atoms with E-state index in [1.807, 2.05) is 0 Å². The second-order valence-corrected chi connectivity index (χ2v) is 8.20. The predicted molar refractivity (Wildman–Crippen MR) is 108 cm³/mol. The zero-order chi connectivity index (χ0) is 18.4. The van der Waals surface area contributed by atoms with Crippen LogP contribution in [0.4, 0.5) is 0 Å². The Labute approximate surface area is 152 Å². The second-order valence-electron chi connectivity index (χ2n) is 8.20. The van der Waals surface area contributed by atoms with Crippen LogP contribution in [0.15, 0.2) is 23.3 Å². The minimum absolute atomic E-state index is 0.292. The molecule has 1 nitrogen and oxygen atoms in total. The summed E-state index contributed by atoms with van der Waals surface area (Å²) in [6, 6.07) is 0. The van der Waals surface area contributed by atoms with Crippen LogP contribution in [0.2, 0.25) is 0 Å². The van der Waals surface area contributed by atoms with Gasteiger partial charge in [-0.25, -0.2) is 0 Å². The van der Waals surface area contributed by atoms with E-state index < -0.39 is 0 Å². The van der Waals surface area contributed by atoms with E-state index in [0.717, 1.165) is 18.3 Å². The first-order chi connectivity index (χ1) is 11.3. The molecule has 0 aromatic carbocycles. The predicted octanol–water partition coefficient (Wildman–Crippen LogP) is 7.66. The Morgan fingerprint density at radius 3 is 1.83 bits per heavy atom. The number of hydrogen-bond acceptors (Lipinski definition) is 1. The van der Waals surface area contributed by atoms with E-state index in [9.17, 15) is 4.79 Å². The van der Waals surface area contributed by atoms with Crippen molar-refractivity contribution in [3.63, 3.8) is 0 Å². The molecule has 0 heterocycles.